The number of fused-ring (bicyclic) bond motifs is 5. The number of carbonyl (C=O) groups is 2. The summed E-state index contributed by atoms with van der Waals surface area (Å²) in [5.41, 5.74) is 2.00. The molecule has 0 aromatic carbocycles. The second kappa shape index (κ2) is 9.11. The standard InChI is InChI=1S/C28H43NO4/c1-19(30)23-6-7-24-22-5-4-20-18-21(33-26(31)10-13-29-14-16-32-17-15-29)8-11-27(20,2)25(22)9-12-28(23,24)3/h4,21-25H,5-18H2,1-3H3/t21-,22-,23-,24+,25+,27-,28+/m0/s1. The van der Waals surface area contributed by atoms with Gasteiger partial charge in [-0.25, -0.2) is 0 Å². The van der Waals surface area contributed by atoms with Crippen molar-refractivity contribution < 1.29 is 19.1 Å². The fraction of sp³-hybridized carbons (Fsp3) is 0.857. The zero-order valence-corrected chi connectivity index (χ0v) is 20.9. The second-order valence-electron chi connectivity index (χ2n) is 12.1. The first-order valence-corrected chi connectivity index (χ1v) is 13.5. The lowest BCUT2D eigenvalue weighted by atomic mass is 9.47. The summed E-state index contributed by atoms with van der Waals surface area (Å²) in [7, 11) is 0. The van der Waals surface area contributed by atoms with E-state index in [1.54, 1.807) is 5.57 Å². The van der Waals surface area contributed by atoms with Crippen LogP contribution in [0.1, 0.15) is 78.6 Å². The maximum atomic E-state index is 12.5. The Balaban J connectivity index is 1.21. The van der Waals surface area contributed by atoms with Crippen LogP contribution in [0.5, 0.6) is 0 Å². The average Bonchev–Trinajstić information content (AvgIpc) is 3.16. The molecule has 5 heteroatoms. The molecule has 0 unspecified atom stereocenters. The number of Topliss-reactive ketones (excluding diaryl/α,β-unsaturated/α-hetero) is 1. The molecule has 0 aromatic rings. The van der Waals surface area contributed by atoms with Gasteiger partial charge in [0.15, 0.2) is 0 Å². The SMILES string of the molecule is CC(=O)[C@@H]1CC[C@@H]2[C@@H]3CC=C4C[C@@H](OC(=O)CCN5CCOCC5)CC[C@]4(C)[C@@H]3CC[C@@]21C. The largest absolute Gasteiger partial charge is 0.462 e. The number of nitrogens with zero attached hydrogens (tertiary/aromatic N) is 1. The fourth-order valence-corrected chi connectivity index (χ4v) is 8.71. The lowest BCUT2D eigenvalue weighted by molar-refractivity contribution is -0.152. The van der Waals surface area contributed by atoms with Crippen LogP contribution in [0.4, 0.5) is 0 Å². The number of morpholine rings is 1. The minimum Gasteiger partial charge on any atom is -0.462 e. The molecule has 5 aliphatic rings. The van der Waals surface area contributed by atoms with E-state index >= 15 is 0 Å². The maximum Gasteiger partial charge on any atom is 0.307 e. The number of ether oxygens (including phenoxy) is 2. The van der Waals surface area contributed by atoms with Gasteiger partial charge >= 0.3 is 5.97 Å². The summed E-state index contributed by atoms with van der Waals surface area (Å²) in [6.07, 6.45) is 12.0. The van der Waals surface area contributed by atoms with Crippen LogP contribution in [0.25, 0.3) is 0 Å². The third kappa shape index (κ3) is 4.22. The van der Waals surface area contributed by atoms with Gasteiger partial charge in [-0.05, 0) is 80.5 Å². The van der Waals surface area contributed by atoms with Crippen LogP contribution < -0.4 is 0 Å². The highest BCUT2D eigenvalue weighted by Gasteiger charge is 2.59. The van der Waals surface area contributed by atoms with Gasteiger partial charge < -0.3 is 9.47 Å². The third-order valence-electron chi connectivity index (χ3n) is 10.6. The summed E-state index contributed by atoms with van der Waals surface area (Å²) < 4.78 is 11.4. The normalized spacial score (nSPS) is 43.1. The minimum absolute atomic E-state index is 0.0421. The quantitative estimate of drug-likeness (QED) is 0.439. The second-order valence-corrected chi connectivity index (χ2v) is 12.1. The maximum absolute atomic E-state index is 12.5. The summed E-state index contributed by atoms with van der Waals surface area (Å²) >= 11 is 0. The molecule has 7 atom stereocenters. The van der Waals surface area contributed by atoms with Gasteiger partial charge in [0.25, 0.3) is 0 Å². The van der Waals surface area contributed by atoms with Crippen molar-refractivity contribution in [2.75, 3.05) is 32.8 Å². The molecule has 5 rings (SSSR count). The Morgan fingerprint density at radius 3 is 2.64 bits per heavy atom. The van der Waals surface area contributed by atoms with Crippen LogP contribution in [0.3, 0.4) is 0 Å². The Morgan fingerprint density at radius 2 is 1.88 bits per heavy atom. The predicted octanol–water partition coefficient (Wildman–Crippen LogP) is 4.79. The molecule has 1 aliphatic heterocycles. The van der Waals surface area contributed by atoms with Gasteiger partial charge in [-0.1, -0.05) is 25.5 Å². The van der Waals surface area contributed by atoms with Crippen LogP contribution in [0.2, 0.25) is 0 Å². The highest BCUT2D eigenvalue weighted by Crippen LogP contribution is 2.66. The van der Waals surface area contributed by atoms with Crippen LogP contribution >= 0.6 is 0 Å². The molecule has 4 aliphatic carbocycles. The Morgan fingerprint density at radius 1 is 1.09 bits per heavy atom. The molecule has 5 nitrogen and oxygen atoms in total. The topological polar surface area (TPSA) is 55.8 Å². The smallest absolute Gasteiger partial charge is 0.307 e. The van der Waals surface area contributed by atoms with Crippen LogP contribution in [-0.2, 0) is 19.1 Å². The zero-order valence-electron chi connectivity index (χ0n) is 20.9. The third-order valence-corrected chi connectivity index (χ3v) is 10.6. The fourth-order valence-electron chi connectivity index (χ4n) is 8.71. The van der Waals surface area contributed by atoms with E-state index in [1.807, 2.05) is 6.92 Å². The summed E-state index contributed by atoms with van der Waals surface area (Å²) in [6.45, 7) is 10.9. The van der Waals surface area contributed by atoms with Gasteiger partial charge in [-0.15, -0.1) is 0 Å². The Labute approximate surface area is 199 Å². The van der Waals surface area contributed by atoms with Crippen molar-refractivity contribution in [2.24, 2.45) is 34.5 Å². The van der Waals surface area contributed by atoms with Gasteiger partial charge in [-0.2, -0.15) is 0 Å². The number of hydrogen-bond donors (Lipinski definition) is 0. The van der Waals surface area contributed by atoms with Crippen molar-refractivity contribution >= 4 is 11.8 Å². The van der Waals surface area contributed by atoms with Crippen LogP contribution in [0.15, 0.2) is 11.6 Å². The monoisotopic (exact) mass is 457 g/mol. The van der Waals surface area contributed by atoms with E-state index in [9.17, 15) is 9.59 Å². The van der Waals surface area contributed by atoms with Crippen molar-refractivity contribution in [3.05, 3.63) is 11.6 Å². The number of ketones is 1. The lowest BCUT2D eigenvalue weighted by Crippen LogP contribution is -2.51. The van der Waals surface area contributed by atoms with Crippen molar-refractivity contribution in [1.29, 1.82) is 0 Å². The van der Waals surface area contributed by atoms with E-state index in [-0.39, 0.29) is 28.8 Å². The average molecular weight is 458 g/mol. The van der Waals surface area contributed by atoms with E-state index in [0.717, 1.165) is 76.8 Å². The van der Waals surface area contributed by atoms with E-state index in [0.29, 0.717) is 18.1 Å². The molecule has 33 heavy (non-hydrogen) atoms. The molecule has 184 valence electrons. The molecular weight excluding hydrogens is 414 g/mol. The highest BCUT2D eigenvalue weighted by atomic mass is 16.5. The Hall–Kier alpha value is -1.20. The van der Waals surface area contributed by atoms with E-state index < -0.39 is 0 Å². The van der Waals surface area contributed by atoms with E-state index in [4.69, 9.17) is 9.47 Å². The van der Waals surface area contributed by atoms with Crippen molar-refractivity contribution in [2.45, 2.75) is 84.7 Å². The number of rotatable bonds is 5. The summed E-state index contributed by atoms with van der Waals surface area (Å²) in [4.78, 5) is 27.2. The zero-order chi connectivity index (χ0) is 23.2. The number of hydrogen-bond acceptors (Lipinski definition) is 5. The van der Waals surface area contributed by atoms with Gasteiger partial charge in [0.2, 0.25) is 0 Å². The van der Waals surface area contributed by atoms with E-state index in [1.165, 1.54) is 19.3 Å². The summed E-state index contributed by atoms with van der Waals surface area (Å²) in [6, 6.07) is 0. The summed E-state index contributed by atoms with van der Waals surface area (Å²) in [5.74, 6) is 2.77. The van der Waals surface area contributed by atoms with Gasteiger partial charge in [-0.3, -0.25) is 14.5 Å². The Kier molecular flexibility index (Phi) is 6.50. The highest BCUT2D eigenvalue weighted by molar-refractivity contribution is 5.79. The lowest BCUT2D eigenvalue weighted by Gasteiger charge is -2.58. The van der Waals surface area contributed by atoms with Crippen molar-refractivity contribution in [1.82, 2.24) is 4.90 Å². The Bertz CT molecular complexity index is 802. The van der Waals surface area contributed by atoms with E-state index in [2.05, 4.69) is 24.8 Å². The molecule has 0 spiro atoms. The first-order valence-electron chi connectivity index (χ1n) is 13.5. The minimum atomic E-state index is -0.0426. The summed E-state index contributed by atoms with van der Waals surface area (Å²) in [5, 5.41) is 0. The van der Waals surface area contributed by atoms with Gasteiger partial charge in [0.1, 0.15) is 11.9 Å². The number of carbonyl (C=O) groups excluding carboxylic acids is 2. The van der Waals surface area contributed by atoms with Crippen molar-refractivity contribution in [3.63, 3.8) is 0 Å². The van der Waals surface area contributed by atoms with Gasteiger partial charge in [0, 0.05) is 32.0 Å². The molecule has 1 heterocycles. The number of allylic oxidation sites excluding steroid dienone is 1. The molecule has 4 fully saturated rings. The van der Waals surface area contributed by atoms with Crippen LogP contribution in [-0.4, -0.2) is 55.6 Å². The number of esters is 1. The molecule has 0 radical (unpaired) electrons. The molecule has 0 N–H and O–H groups in total. The molecule has 3 saturated carbocycles. The molecule has 1 saturated heterocycles. The molecule has 0 bridgehead atoms. The van der Waals surface area contributed by atoms with Crippen molar-refractivity contribution in [3.8, 4) is 0 Å². The van der Waals surface area contributed by atoms with Crippen LogP contribution in [0, 0.1) is 34.5 Å². The van der Waals surface area contributed by atoms with Gasteiger partial charge in [0.05, 0.1) is 19.6 Å². The molecule has 0 aromatic heterocycles. The first kappa shape index (κ1) is 23.5. The molecular formula is C28H43NO4. The predicted molar refractivity (Wildman–Crippen MR) is 128 cm³/mol. The molecule has 0 amide bonds. The first-order chi connectivity index (χ1) is 15.8.